The van der Waals surface area contributed by atoms with Crippen molar-refractivity contribution in [3.63, 3.8) is 0 Å². The van der Waals surface area contributed by atoms with Gasteiger partial charge in [0, 0.05) is 19.6 Å². The van der Waals surface area contributed by atoms with Crippen LogP contribution in [0.2, 0.25) is 0 Å². The fraction of sp³-hybridized carbons (Fsp3) is 0.480. The number of hydrogen-bond acceptors (Lipinski definition) is 5. The molecular formula is C25H35N3O4S. The van der Waals surface area contributed by atoms with Crippen LogP contribution >= 0.6 is 0 Å². The zero-order chi connectivity index (χ0) is 24.0. The normalized spacial score (nSPS) is 18.2. The minimum absolute atomic E-state index is 0.0441. The van der Waals surface area contributed by atoms with E-state index in [1.54, 1.807) is 31.4 Å². The van der Waals surface area contributed by atoms with E-state index in [1.165, 1.54) is 9.87 Å². The van der Waals surface area contributed by atoms with Gasteiger partial charge in [0.2, 0.25) is 15.9 Å². The van der Waals surface area contributed by atoms with E-state index >= 15 is 0 Å². The van der Waals surface area contributed by atoms with Gasteiger partial charge < -0.3 is 15.0 Å². The number of methoxy groups -OCH3 is 1. The van der Waals surface area contributed by atoms with Crippen molar-refractivity contribution in [2.24, 2.45) is 5.92 Å². The van der Waals surface area contributed by atoms with Crippen molar-refractivity contribution >= 4 is 15.9 Å². The molecule has 1 saturated heterocycles. The largest absolute Gasteiger partial charge is 0.497 e. The van der Waals surface area contributed by atoms with Crippen molar-refractivity contribution in [2.45, 2.75) is 37.1 Å². The second-order valence-corrected chi connectivity index (χ2v) is 10.6. The van der Waals surface area contributed by atoms with E-state index in [1.807, 2.05) is 14.1 Å². The Kier molecular flexibility index (Phi) is 8.51. The molecule has 1 aliphatic rings. The second-order valence-electron chi connectivity index (χ2n) is 8.70. The van der Waals surface area contributed by atoms with E-state index in [2.05, 4.69) is 41.4 Å². The van der Waals surface area contributed by atoms with E-state index < -0.39 is 10.0 Å². The summed E-state index contributed by atoms with van der Waals surface area (Å²) in [6, 6.07) is 14.9. The van der Waals surface area contributed by atoms with Crippen LogP contribution in [0.4, 0.5) is 0 Å². The first kappa shape index (κ1) is 25.2. The summed E-state index contributed by atoms with van der Waals surface area (Å²) in [6.07, 6.45) is 2.32. The summed E-state index contributed by atoms with van der Waals surface area (Å²) in [4.78, 5) is 15.3. The molecule has 2 aromatic rings. The van der Waals surface area contributed by atoms with E-state index in [4.69, 9.17) is 4.74 Å². The maximum absolute atomic E-state index is 13.1. The minimum atomic E-state index is -3.66. The molecule has 0 aromatic heterocycles. The van der Waals surface area contributed by atoms with E-state index in [0.717, 1.165) is 12.0 Å². The lowest BCUT2D eigenvalue weighted by Gasteiger charge is -2.32. The maximum atomic E-state index is 13.1. The highest BCUT2D eigenvalue weighted by Gasteiger charge is 2.33. The molecule has 7 nitrogen and oxygen atoms in total. The molecule has 33 heavy (non-hydrogen) atoms. The molecule has 0 radical (unpaired) electrons. The monoisotopic (exact) mass is 473 g/mol. The van der Waals surface area contributed by atoms with Crippen LogP contribution in [0, 0.1) is 5.92 Å². The second kappa shape index (κ2) is 11.1. The van der Waals surface area contributed by atoms with Gasteiger partial charge in [-0.3, -0.25) is 4.79 Å². The summed E-state index contributed by atoms with van der Waals surface area (Å²) >= 11 is 0. The first-order valence-corrected chi connectivity index (χ1v) is 12.9. The molecule has 3 rings (SSSR count). The van der Waals surface area contributed by atoms with Crippen LogP contribution in [-0.4, -0.2) is 64.4 Å². The quantitative estimate of drug-likeness (QED) is 0.606. The number of rotatable bonds is 9. The van der Waals surface area contributed by atoms with Crippen LogP contribution in [0.1, 0.15) is 36.9 Å². The van der Waals surface area contributed by atoms with Crippen LogP contribution in [-0.2, 0) is 21.2 Å². The number of aryl methyl sites for hydroxylation is 1. The summed E-state index contributed by atoms with van der Waals surface area (Å²) in [5.41, 5.74) is 2.42. The summed E-state index contributed by atoms with van der Waals surface area (Å²) in [5, 5.41) is 3.07. The highest BCUT2D eigenvalue weighted by atomic mass is 32.2. The Morgan fingerprint density at radius 3 is 2.39 bits per heavy atom. The zero-order valence-corrected chi connectivity index (χ0v) is 20.8. The van der Waals surface area contributed by atoms with Gasteiger partial charge in [0.25, 0.3) is 0 Å². The Morgan fingerprint density at radius 1 is 1.15 bits per heavy atom. The number of benzene rings is 2. The average molecular weight is 474 g/mol. The number of amides is 1. The van der Waals surface area contributed by atoms with Gasteiger partial charge in [-0.15, -0.1) is 0 Å². The fourth-order valence-corrected chi connectivity index (χ4v) is 5.71. The van der Waals surface area contributed by atoms with Gasteiger partial charge in [-0.05, 0) is 68.8 Å². The van der Waals surface area contributed by atoms with Gasteiger partial charge in [0.05, 0.1) is 24.0 Å². The topological polar surface area (TPSA) is 79.0 Å². The van der Waals surface area contributed by atoms with Crippen molar-refractivity contribution in [3.8, 4) is 5.75 Å². The molecule has 1 fully saturated rings. The smallest absolute Gasteiger partial charge is 0.243 e. The minimum Gasteiger partial charge on any atom is -0.497 e. The first-order valence-electron chi connectivity index (χ1n) is 11.4. The number of nitrogens with one attached hydrogen (secondary N) is 1. The van der Waals surface area contributed by atoms with Gasteiger partial charge in [0.1, 0.15) is 5.75 Å². The number of carbonyl (C=O) groups is 1. The molecule has 2 aromatic carbocycles. The predicted molar refractivity (Wildman–Crippen MR) is 130 cm³/mol. The molecule has 2 atom stereocenters. The molecular weight excluding hydrogens is 438 g/mol. The number of nitrogens with zero attached hydrogens (tertiary/aromatic N) is 2. The molecule has 0 bridgehead atoms. The van der Waals surface area contributed by atoms with Gasteiger partial charge in [-0.2, -0.15) is 4.31 Å². The summed E-state index contributed by atoms with van der Waals surface area (Å²) in [5.74, 6) is 0.142. The first-order chi connectivity index (χ1) is 15.8. The average Bonchev–Trinajstić information content (AvgIpc) is 2.84. The van der Waals surface area contributed by atoms with Crippen LogP contribution in [0.25, 0.3) is 0 Å². The Labute approximate surface area is 197 Å². The number of hydrogen-bond donors (Lipinski definition) is 1. The molecule has 8 heteroatoms. The van der Waals surface area contributed by atoms with Crippen LogP contribution in [0.15, 0.2) is 53.4 Å². The summed E-state index contributed by atoms with van der Waals surface area (Å²) < 4.78 is 32.7. The Bertz CT molecular complexity index is 1020. The molecule has 0 saturated carbocycles. The zero-order valence-electron chi connectivity index (χ0n) is 20.0. The molecule has 0 aliphatic carbocycles. The van der Waals surface area contributed by atoms with Gasteiger partial charge in [-0.25, -0.2) is 8.42 Å². The Balaban J connectivity index is 1.64. The summed E-state index contributed by atoms with van der Waals surface area (Å²) in [7, 11) is 1.87. The lowest BCUT2D eigenvalue weighted by molar-refractivity contribution is -0.126. The molecule has 1 N–H and O–H groups in total. The highest BCUT2D eigenvalue weighted by Crippen LogP contribution is 2.26. The van der Waals surface area contributed by atoms with Gasteiger partial charge in [-0.1, -0.05) is 31.2 Å². The van der Waals surface area contributed by atoms with Gasteiger partial charge >= 0.3 is 0 Å². The van der Waals surface area contributed by atoms with Crippen molar-refractivity contribution < 1.29 is 17.9 Å². The van der Waals surface area contributed by atoms with Crippen LogP contribution in [0.5, 0.6) is 5.75 Å². The molecule has 1 aliphatic heterocycles. The molecule has 1 amide bonds. The lowest BCUT2D eigenvalue weighted by Crippen LogP contribution is -2.46. The predicted octanol–water partition coefficient (Wildman–Crippen LogP) is 3.08. The third-order valence-corrected chi connectivity index (χ3v) is 8.20. The maximum Gasteiger partial charge on any atom is 0.243 e. The Hall–Kier alpha value is -2.42. The van der Waals surface area contributed by atoms with Crippen molar-refractivity contribution in [1.29, 1.82) is 0 Å². The van der Waals surface area contributed by atoms with Crippen molar-refractivity contribution in [3.05, 3.63) is 59.7 Å². The fourth-order valence-electron chi connectivity index (χ4n) is 4.19. The number of likely N-dealkylation sites (N-methyl/N-ethyl adjacent to an activating group) is 1. The van der Waals surface area contributed by atoms with Gasteiger partial charge in [0.15, 0.2) is 0 Å². The third kappa shape index (κ3) is 6.13. The molecule has 0 spiro atoms. The number of sulfonamides is 1. The number of ether oxygens (including phenoxy) is 1. The number of piperidine rings is 1. The van der Waals surface area contributed by atoms with Crippen molar-refractivity contribution in [2.75, 3.05) is 40.8 Å². The number of carbonyl (C=O) groups excluding carboxylic acids is 1. The lowest BCUT2D eigenvalue weighted by atomic mass is 9.98. The molecule has 2 unspecified atom stereocenters. The molecule has 1 heterocycles. The third-order valence-electron chi connectivity index (χ3n) is 6.32. The van der Waals surface area contributed by atoms with E-state index in [9.17, 15) is 13.2 Å². The summed E-state index contributed by atoms with van der Waals surface area (Å²) in [6.45, 7) is 3.21. The standard InChI is InChI=1S/C25H35N3O4S/c1-5-19-8-10-20(11-9-19)24(27(2)3)17-26-25(29)21-7-6-16-28(18-21)33(30,31)23-14-12-22(32-4)13-15-23/h8-15,21,24H,5-7,16-18H2,1-4H3,(H,26,29). The molecule has 180 valence electrons. The van der Waals surface area contributed by atoms with E-state index in [-0.39, 0.29) is 29.3 Å². The Morgan fingerprint density at radius 2 is 1.82 bits per heavy atom. The highest BCUT2D eigenvalue weighted by molar-refractivity contribution is 7.89. The van der Waals surface area contributed by atoms with Crippen molar-refractivity contribution in [1.82, 2.24) is 14.5 Å². The SMILES string of the molecule is CCc1ccc(C(CNC(=O)C2CCCN(S(=O)(=O)c3ccc(OC)cc3)C2)N(C)C)cc1. The van der Waals surface area contributed by atoms with Crippen LogP contribution in [0.3, 0.4) is 0 Å². The van der Waals surface area contributed by atoms with E-state index in [0.29, 0.717) is 31.7 Å². The van der Waals surface area contributed by atoms with Crippen LogP contribution < -0.4 is 10.1 Å².